The molecule has 0 spiro atoms. The fraction of sp³-hybridized carbons (Fsp3) is 0.576. The lowest BCUT2D eigenvalue weighted by atomic mass is 9.73. The average molecular weight is 503 g/mol. The maximum atomic E-state index is 14.4. The van der Waals surface area contributed by atoms with Gasteiger partial charge in [0.25, 0.3) is 0 Å². The molecule has 3 aliphatic rings. The van der Waals surface area contributed by atoms with Gasteiger partial charge >= 0.3 is 11.9 Å². The molecule has 0 unspecified atom stereocenters. The van der Waals surface area contributed by atoms with Gasteiger partial charge in [-0.1, -0.05) is 81.5 Å². The highest BCUT2D eigenvalue weighted by Crippen LogP contribution is 2.45. The molecule has 2 aromatic carbocycles. The molecular formula is C33H42O4. The van der Waals surface area contributed by atoms with E-state index >= 15 is 0 Å². The molecular weight excluding hydrogens is 460 g/mol. The summed E-state index contributed by atoms with van der Waals surface area (Å²) in [4.78, 5) is 28.7. The van der Waals surface area contributed by atoms with Gasteiger partial charge in [-0.05, 0) is 92.0 Å². The molecule has 5 rings (SSSR count). The Hall–Kier alpha value is -2.62. The fourth-order valence-corrected chi connectivity index (χ4v) is 6.71. The number of hydrogen-bond donors (Lipinski definition) is 0. The van der Waals surface area contributed by atoms with Gasteiger partial charge in [0.1, 0.15) is 12.2 Å². The van der Waals surface area contributed by atoms with Gasteiger partial charge in [0.15, 0.2) is 5.41 Å². The average Bonchev–Trinajstić information content (AvgIpc) is 3.31. The van der Waals surface area contributed by atoms with E-state index < -0.39 is 5.41 Å². The molecule has 0 aromatic heterocycles. The van der Waals surface area contributed by atoms with Crippen LogP contribution >= 0.6 is 0 Å². The van der Waals surface area contributed by atoms with Crippen LogP contribution in [-0.4, -0.2) is 24.1 Å². The van der Waals surface area contributed by atoms with Crippen LogP contribution in [0.4, 0.5) is 0 Å². The Morgan fingerprint density at radius 1 is 0.757 bits per heavy atom. The first kappa shape index (κ1) is 26.0. The van der Waals surface area contributed by atoms with Crippen molar-refractivity contribution in [3.8, 4) is 11.1 Å². The Labute approximate surface area is 222 Å². The van der Waals surface area contributed by atoms with Crippen LogP contribution in [0.5, 0.6) is 0 Å². The smallest absolute Gasteiger partial charge is 0.328 e. The SMILES string of the molecule is CCCCCC(C(=O)OC1CCCCC1)(C(=O)OC1CCCCC1)c1cccc2c1Cc1ccccc1-2. The van der Waals surface area contributed by atoms with Crippen molar-refractivity contribution in [3.63, 3.8) is 0 Å². The van der Waals surface area contributed by atoms with Crippen LogP contribution in [0.3, 0.4) is 0 Å². The van der Waals surface area contributed by atoms with Gasteiger partial charge < -0.3 is 9.47 Å². The van der Waals surface area contributed by atoms with Crippen LogP contribution in [0, 0.1) is 0 Å². The first-order chi connectivity index (χ1) is 18.1. The molecule has 0 N–H and O–H groups in total. The first-order valence-electron chi connectivity index (χ1n) is 14.8. The summed E-state index contributed by atoms with van der Waals surface area (Å²) < 4.78 is 12.5. The minimum Gasteiger partial charge on any atom is -0.461 e. The molecule has 2 saturated carbocycles. The zero-order valence-corrected chi connectivity index (χ0v) is 22.4. The van der Waals surface area contributed by atoms with E-state index in [1.54, 1.807) is 0 Å². The zero-order chi connectivity index (χ0) is 25.7. The predicted octanol–water partition coefficient (Wildman–Crippen LogP) is 7.83. The van der Waals surface area contributed by atoms with Crippen molar-refractivity contribution in [2.24, 2.45) is 0 Å². The molecule has 4 heteroatoms. The monoisotopic (exact) mass is 502 g/mol. The van der Waals surface area contributed by atoms with E-state index in [1.807, 2.05) is 12.1 Å². The molecule has 2 aromatic rings. The molecule has 198 valence electrons. The second kappa shape index (κ2) is 11.8. The summed E-state index contributed by atoms with van der Waals surface area (Å²) in [6, 6.07) is 14.5. The minimum atomic E-state index is -1.42. The topological polar surface area (TPSA) is 52.6 Å². The number of unbranched alkanes of at least 4 members (excludes halogenated alkanes) is 2. The van der Waals surface area contributed by atoms with Crippen molar-refractivity contribution in [1.82, 2.24) is 0 Å². The molecule has 0 amide bonds. The second-order valence-electron chi connectivity index (χ2n) is 11.4. The molecule has 2 fully saturated rings. The zero-order valence-electron chi connectivity index (χ0n) is 22.4. The molecule has 0 saturated heterocycles. The number of esters is 2. The van der Waals surface area contributed by atoms with Gasteiger partial charge in [-0.2, -0.15) is 0 Å². The van der Waals surface area contributed by atoms with Gasteiger partial charge in [-0.3, -0.25) is 9.59 Å². The van der Waals surface area contributed by atoms with Crippen LogP contribution < -0.4 is 0 Å². The standard InChI is InChI=1S/C33H42O4/c1-2-3-12-22-33(31(34)36-25-15-6-4-7-16-25,32(35)37-26-17-8-5-9-18-26)30-21-13-20-28-27-19-11-10-14-24(27)23-29(28)30/h10-11,13-14,19-21,25-26H,2-9,12,15-18,22-23H2,1H3. The van der Waals surface area contributed by atoms with E-state index in [2.05, 4.69) is 37.3 Å². The van der Waals surface area contributed by atoms with E-state index in [-0.39, 0.29) is 24.1 Å². The van der Waals surface area contributed by atoms with Crippen LogP contribution in [0.2, 0.25) is 0 Å². The lowest BCUT2D eigenvalue weighted by Crippen LogP contribution is -2.49. The van der Waals surface area contributed by atoms with Crippen LogP contribution in [0.1, 0.15) is 114 Å². The second-order valence-corrected chi connectivity index (χ2v) is 11.4. The van der Waals surface area contributed by atoms with Gasteiger partial charge in [0.2, 0.25) is 0 Å². The van der Waals surface area contributed by atoms with Crippen molar-refractivity contribution in [2.45, 2.75) is 121 Å². The molecule has 4 nitrogen and oxygen atoms in total. The van der Waals surface area contributed by atoms with Crippen molar-refractivity contribution in [2.75, 3.05) is 0 Å². The molecule has 0 aliphatic heterocycles. The number of hydrogen-bond acceptors (Lipinski definition) is 4. The molecule has 0 atom stereocenters. The van der Waals surface area contributed by atoms with Gasteiger partial charge in [0, 0.05) is 0 Å². The van der Waals surface area contributed by atoms with Crippen molar-refractivity contribution in [1.29, 1.82) is 0 Å². The number of carbonyl (C=O) groups is 2. The third-order valence-electron chi connectivity index (χ3n) is 8.81. The molecule has 0 heterocycles. The van der Waals surface area contributed by atoms with E-state index in [4.69, 9.17) is 9.47 Å². The molecule has 0 bridgehead atoms. The number of benzene rings is 2. The van der Waals surface area contributed by atoms with Crippen LogP contribution in [-0.2, 0) is 30.9 Å². The summed E-state index contributed by atoms with van der Waals surface area (Å²) in [7, 11) is 0. The van der Waals surface area contributed by atoms with Gasteiger partial charge in [0.05, 0.1) is 0 Å². The third-order valence-corrected chi connectivity index (χ3v) is 8.81. The van der Waals surface area contributed by atoms with Crippen molar-refractivity contribution >= 4 is 11.9 Å². The fourth-order valence-electron chi connectivity index (χ4n) is 6.71. The maximum Gasteiger partial charge on any atom is 0.328 e. The minimum absolute atomic E-state index is 0.108. The Kier molecular flexibility index (Phi) is 8.32. The summed E-state index contributed by atoms with van der Waals surface area (Å²) in [5.74, 6) is -0.777. The molecule has 37 heavy (non-hydrogen) atoms. The Morgan fingerprint density at radius 2 is 1.35 bits per heavy atom. The van der Waals surface area contributed by atoms with Gasteiger partial charge in [-0.25, -0.2) is 0 Å². The lowest BCUT2D eigenvalue weighted by Gasteiger charge is -2.35. The summed E-state index contributed by atoms with van der Waals surface area (Å²) in [6.45, 7) is 2.15. The Bertz CT molecular complexity index is 1060. The summed E-state index contributed by atoms with van der Waals surface area (Å²) in [5.41, 5.74) is 4.04. The summed E-state index contributed by atoms with van der Waals surface area (Å²) >= 11 is 0. The van der Waals surface area contributed by atoms with Gasteiger partial charge in [-0.15, -0.1) is 0 Å². The maximum absolute atomic E-state index is 14.4. The Balaban J connectivity index is 1.58. The van der Waals surface area contributed by atoms with E-state index in [0.717, 1.165) is 93.7 Å². The number of fused-ring (bicyclic) bond motifs is 3. The Morgan fingerprint density at radius 3 is 1.97 bits per heavy atom. The molecule has 3 aliphatic carbocycles. The normalized spacial score (nSPS) is 18.2. The molecule has 0 radical (unpaired) electrons. The number of rotatable bonds is 9. The summed E-state index contributed by atoms with van der Waals surface area (Å²) in [6.07, 6.45) is 13.9. The highest BCUT2D eigenvalue weighted by molar-refractivity contribution is 6.07. The van der Waals surface area contributed by atoms with Crippen molar-refractivity contribution in [3.05, 3.63) is 59.2 Å². The lowest BCUT2D eigenvalue weighted by molar-refractivity contribution is -0.173. The van der Waals surface area contributed by atoms with Crippen LogP contribution in [0.15, 0.2) is 42.5 Å². The third kappa shape index (κ3) is 5.35. The van der Waals surface area contributed by atoms with Crippen LogP contribution in [0.25, 0.3) is 11.1 Å². The quantitative estimate of drug-likeness (QED) is 0.170. The van der Waals surface area contributed by atoms with Crippen molar-refractivity contribution < 1.29 is 19.1 Å². The number of carbonyl (C=O) groups excluding carboxylic acids is 2. The predicted molar refractivity (Wildman–Crippen MR) is 146 cm³/mol. The first-order valence-corrected chi connectivity index (χ1v) is 14.8. The number of ether oxygens (including phenoxy) is 2. The highest BCUT2D eigenvalue weighted by Gasteiger charge is 2.53. The highest BCUT2D eigenvalue weighted by atomic mass is 16.6. The van der Waals surface area contributed by atoms with E-state index in [9.17, 15) is 9.59 Å². The van der Waals surface area contributed by atoms with E-state index in [1.165, 1.54) is 24.0 Å². The summed E-state index contributed by atoms with van der Waals surface area (Å²) in [5, 5.41) is 0. The largest absolute Gasteiger partial charge is 0.461 e. The van der Waals surface area contributed by atoms with E-state index in [0.29, 0.717) is 6.42 Å².